The van der Waals surface area contributed by atoms with E-state index in [4.69, 9.17) is 0 Å². The molecule has 0 atom stereocenters. The Hall–Kier alpha value is -1.77. The molecule has 1 aromatic rings. The van der Waals surface area contributed by atoms with E-state index in [0.717, 1.165) is 5.69 Å². The van der Waals surface area contributed by atoms with Crippen LogP contribution in [0.5, 0.6) is 0 Å². The van der Waals surface area contributed by atoms with Crippen LogP contribution in [0.2, 0.25) is 0 Å². The second-order valence-electron chi connectivity index (χ2n) is 2.44. The summed E-state index contributed by atoms with van der Waals surface area (Å²) in [5, 5.41) is 0. The van der Waals surface area contributed by atoms with Gasteiger partial charge in [0.25, 0.3) is 0 Å². The minimum Gasteiger partial charge on any atom is -0.465 e. The van der Waals surface area contributed by atoms with Gasteiger partial charge < -0.3 is 9.30 Å². The molecule has 1 heterocycles. The number of methoxy groups -OCH3 is 1. The molecular weight excluding hydrogens is 190 g/mol. The highest BCUT2D eigenvalue weighted by Crippen LogP contribution is 2.11. The van der Waals surface area contributed by atoms with Crippen LogP contribution in [0.15, 0.2) is 25.4 Å². The van der Waals surface area contributed by atoms with Crippen LogP contribution in [-0.4, -0.2) is 17.6 Å². The Morgan fingerprint density at radius 2 is 2.07 bits per heavy atom. The number of nitrogens with zero attached hydrogens (tertiary/aromatic N) is 1. The van der Waals surface area contributed by atoms with Crippen molar-refractivity contribution in [3.05, 3.63) is 36.7 Å². The first-order valence-electron chi connectivity index (χ1n) is 4.78. The van der Waals surface area contributed by atoms with Crippen molar-refractivity contribution in [1.82, 2.24) is 4.57 Å². The third kappa shape index (κ3) is 3.13. The first-order valence-corrected chi connectivity index (χ1v) is 4.78. The van der Waals surface area contributed by atoms with Crippen LogP contribution in [0.25, 0.3) is 12.3 Å². The van der Waals surface area contributed by atoms with Gasteiger partial charge in [-0.25, -0.2) is 4.79 Å². The van der Waals surface area contributed by atoms with Crippen LogP contribution in [0, 0.1) is 0 Å². The molecule has 3 nitrogen and oxygen atoms in total. The van der Waals surface area contributed by atoms with E-state index in [2.05, 4.69) is 17.9 Å². The standard InChI is InChI=1S/C10H11NO2.C2H6/c1-4-9-6-8(10(12)13-3)7-11(9)5-2;1-2/h4-7H,1-2H2,3H3;1-2H3. The molecule has 0 aliphatic heterocycles. The normalized spacial score (nSPS) is 8.47. The lowest BCUT2D eigenvalue weighted by Gasteiger charge is -1.94. The Bertz CT molecular complexity index is 325. The fraction of sp³-hybridized carbons (Fsp3) is 0.250. The summed E-state index contributed by atoms with van der Waals surface area (Å²) in [6.07, 6.45) is 4.90. The molecule has 0 unspecified atom stereocenters. The molecule has 0 bridgehead atoms. The van der Waals surface area contributed by atoms with Crippen LogP contribution in [0.1, 0.15) is 29.9 Å². The molecule has 1 aromatic heterocycles. The highest BCUT2D eigenvalue weighted by molar-refractivity contribution is 5.90. The summed E-state index contributed by atoms with van der Waals surface area (Å²) in [4.78, 5) is 11.1. The quantitative estimate of drug-likeness (QED) is 0.713. The van der Waals surface area contributed by atoms with Gasteiger partial charge in [0.15, 0.2) is 0 Å². The molecule has 3 heteroatoms. The largest absolute Gasteiger partial charge is 0.465 e. The first-order chi connectivity index (χ1) is 7.22. The Kier molecular flexibility index (Phi) is 5.86. The number of ether oxygens (including phenoxy) is 1. The molecule has 0 saturated carbocycles. The molecule has 0 saturated heterocycles. The minimum atomic E-state index is -0.358. The van der Waals surface area contributed by atoms with Gasteiger partial charge in [0.2, 0.25) is 0 Å². The predicted molar refractivity (Wildman–Crippen MR) is 63.6 cm³/mol. The zero-order valence-corrected chi connectivity index (χ0v) is 9.49. The maximum absolute atomic E-state index is 11.1. The minimum absolute atomic E-state index is 0.358. The number of carbonyl (C=O) groups excluding carboxylic acids is 1. The number of rotatable bonds is 3. The number of esters is 1. The molecule has 15 heavy (non-hydrogen) atoms. The Balaban J connectivity index is 0.000000921. The lowest BCUT2D eigenvalue weighted by Crippen LogP contribution is -1.98. The summed E-state index contributed by atoms with van der Waals surface area (Å²) in [6, 6.07) is 1.69. The van der Waals surface area contributed by atoms with Crippen LogP contribution in [0.4, 0.5) is 0 Å². The number of hydrogen-bond acceptors (Lipinski definition) is 2. The molecule has 0 spiro atoms. The highest BCUT2D eigenvalue weighted by Gasteiger charge is 2.08. The fourth-order valence-electron chi connectivity index (χ4n) is 1.05. The molecule has 0 aliphatic carbocycles. The van der Waals surface area contributed by atoms with Crippen molar-refractivity contribution in [2.24, 2.45) is 0 Å². The summed E-state index contributed by atoms with van der Waals surface area (Å²) in [5.74, 6) is -0.358. The van der Waals surface area contributed by atoms with Crippen molar-refractivity contribution < 1.29 is 9.53 Å². The van der Waals surface area contributed by atoms with Crippen molar-refractivity contribution in [3.8, 4) is 0 Å². The van der Waals surface area contributed by atoms with Crippen molar-refractivity contribution in [1.29, 1.82) is 0 Å². The molecule has 0 radical (unpaired) electrons. The van der Waals surface area contributed by atoms with Crippen molar-refractivity contribution >= 4 is 18.2 Å². The molecule has 0 amide bonds. The molecule has 0 N–H and O–H groups in total. The van der Waals surface area contributed by atoms with E-state index in [1.54, 1.807) is 29.1 Å². The molecule has 0 aromatic carbocycles. The Morgan fingerprint density at radius 3 is 2.40 bits per heavy atom. The van der Waals surface area contributed by atoms with Gasteiger partial charge in [0, 0.05) is 18.1 Å². The molecule has 0 aliphatic rings. The predicted octanol–water partition coefficient (Wildman–Crippen LogP) is 3.04. The molecule has 0 fully saturated rings. The SMILES string of the molecule is C=Cc1cc(C(=O)OC)cn1C=C.CC. The van der Waals surface area contributed by atoms with Crippen LogP contribution < -0.4 is 0 Å². The van der Waals surface area contributed by atoms with Crippen molar-refractivity contribution in [2.45, 2.75) is 13.8 Å². The maximum Gasteiger partial charge on any atom is 0.339 e. The summed E-state index contributed by atoms with van der Waals surface area (Å²) in [5.41, 5.74) is 1.31. The summed E-state index contributed by atoms with van der Waals surface area (Å²) >= 11 is 0. The monoisotopic (exact) mass is 207 g/mol. The second-order valence-corrected chi connectivity index (χ2v) is 2.44. The van der Waals surface area contributed by atoms with Crippen LogP contribution in [-0.2, 0) is 4.74 Å². The average Bonchev–Trinajstić information content (AvgIpc) is 2.73. The van der Waals surface area contributed by atoms with Crippen LogP contribution in [0.3, 0.4) is 0 Å². The molecular formula is C12H17NO2. The van der Waals surface area contributed by atoms with Gasteiger partial charge >= 0.3 is 5.97 Å². The third-order valence-corrected chi connectivity index (χ3v) is 1.71. The highest BCUT2D eigenvalue weighted by atomic mass is 16.5. The van der Waals surface area contributed by atoms with E-state index in [1.807, 2.05) is 13.8 Å². The molecule has 1 rings (SSSR count). The zero-order valence-electron chi connectivity index (χ0n) is 9.49. The fourth-order valence-corrected chi connectivity index (χ4v) is 1.05. The van der Waals surface area contributed by atoms with E-state index in [-0.39, 0.29) is 5.97 Å². The van der Waals surface area contributed by atoms with Gasteiger partial charge in [-0.1, -0.05) is 27.0 Å². The number of aromatic nitrogens is 1. The van der Waals surface area contributed by atoms with Gasteiger partial charge in [-0.15, -0.1) is 0 Å². The van der Waals surface area contributed by atoms with E-state index in [1.165, 1.54) is 7.11 Å². The molecule has 82 valence electrons. The first kappa shape index (κ1) is 13.2. The smallest absolute Gasteiger partial charge is 0.339 e. The Morgan fingerprint density at radius 1 is 1.47 bits per heavy atom. The summed E-state index contributed by atoms with van der Waals surface area (Å²) < 4.78 is 6.28. The second kappa shape index (κ2) is 6.65. The van der Waals surface area contributed by atoms with Gasteiger partial charge in [-0.2, -0.15) is 0 Å². The van der Waals surface area contributed by atoms with Gasteiger partial charge in [0.1, 0.15) is 0 Å². The summed E-state index contributed by atoms with van der Waals surface area (Å²) in [7, 11) is 1.35. The van der Waals surface area contributed by atoms with E-state index in [0.29, 0.717) is 5.56 Å². The topological polar surface area (TPSA) is 31.2 Å². The number of carbonyl (C=O) groups is 1. The third-order valence-electron chi connectivity index (χ3n) is 1.71. The van der Waals surface area contributed by atoms with E-state index in [9.17, 15) is 4.79 Å². The van der Waals surface area contributed by atoms with Gasteiger partial charge in [-0.3, -0.25) is 0 Å². The number of hydrogen-bond donors (Lipinski definition) is 0. The van der Waals surface area contributed by atoms with Crippen molar-refractivity contribution in [2.75, 3.05) is 7.11 Å². The van der Waals surface area contributed by atoms with E-state index >= 15 is 0 Å². The van der Waals surface area contributed by atoms with Gasteiger partial charge in [0.05, 0.1) is 12.7 Å². The Labute approximate surface area is 90.7 Å². The van der Waals surface area contributed by atoms with Crippen LogP contribution >= 0.6 is 0 Å². The lowest BCUT2D eigenvalue weighted by atomic mass is 10.3. The zero-order chi connectivity index (χ0) is 11.8. The summed E-state index contributed by atoms with van der Waals surface area (Å²) in [6.45, 7) is 11.2. The lowest BCUT2D eigenvalue weighted by molar-refractivity contribution is 0.0601. The van der Waals surface area contributed by atoms with Gasteiger partial charge in [-0.05, 0) is 12.1 Å². The van der Waals surface area contributed by atoms with Crippen molar-refractivity contribution in [3.63, 3.8) is 0 Å². The van der Waals surface area contributed by atoms with E-state index < -0.39 is 0 Å². The average molecular weight is 207 g/mol. The maximum atomic E-state index is 11.1.